The second kappa shape index (κ2) is 9.98. The molecule has 0 aliphatic carbocycles. The highest BCUT2D eigenvalue weighted by atomic mass is 32.2. The van der Waals surface area contributed by atoms with Gasteiger partial charge in [-0.05, 0) is 44.4 Å². The molecule has 0 bridgehead atoms. The Bertz CT molecular complexity index is 689. The topological polar surface area (TPSA) is 120 Å². The Hall–Kier alpha value is -1.52. The van der Waals surface area contributed by atoms with E-state index in [2.05, 4.69) is 10.0 Å². The van der Waals surface area contributed by atoms with E-state index in [0.29, 0.717) is 12.3 Å². The Morgan fingerprint density at radius 3 is 2.92 bits per heavy atom. The third kappa shape index (κ3) is 6.33. The number of nitrogens with two attached hydrogens (primary N) is 1. The van der Waals surface area contributed by atoms with Crippen molar-refractivity contribution in [2.24, 2.45) is 5.73 Å². The first-order valence-electron chi connectivity index (χ1n) is 8.76. The van der Waals surface area contributed by atoms with E-state index in [1.54, 1.807) is 19.1 Å². The van der Waals surface area contributed by atoms with Gasteiger partial charge in [0.2, 0.25) is 10.0 Å². The number of carbonyl (C=O) groups is 1. The number of anilines is 1. The van der Waals surface area contributed by atoms with Gasteiger partial charge < -0.3 is 20.5 Å². The smallest absolute Gasteiger partial charge is 0.253 e. The second-order valence-corrected chi connectivity index (χ2v) is 7.93. The fraction of sp³-hybridized carbons (Fsp3) is 0.588. The highest BCUT2D eigenvalue weighted by Crippen LogP contribution is 2.17. The average molecular weight is 385 g/mol. The number of ether oxygens (including phenoxy) is 2. The Morgan fingerprint density at radius 2 is 2.23 bits per heavy atom. The van der Waals surface area contributed by atoms with Gasteiger partial charge in [-0.2, -0.15) is 0 Å². The molecular weight excluding hydrogens is 358 g/mol. The van der Waals surface area contributed by atoms with Crippen molar-refractivity contribution in [3.63, 3.8) is 0 Å². The normalized spacial score (nSPS) is 19.1. The Morgan fingerprint density at radius 1 is 1.42 bits per heavy atom. The molecule has 1 heterocycles. The predicted molar refractivity (Wildman–Crippen MR) is 98.3 cm³/mol. The minimum atomic E-state index is -3.65. The van der Waals surface area contributed by atoms with Crippen LogP contribution < -0.4 is 15.8 Å². The summed E-state index contributed by atoms with van der Waals surface area (Å²) in [4.78, 5) is 12.3. The summed E-state index contributed by atoms with van der Waals surface area (Å²) in [6.45, 7) is 3.10. The summed E-state index contributed by atoms with van der Waals surface area (Å²) in [7, 11) is -3.65. The zero-order valence-corrected chi connectivity index (χ0v) is 15.8. The molecule has 2 atom stereocenters. The fourth-order valence-electron chi connectivity index (χ4n) is 2.53. The van der Waals surface area contributed by atoms with Crippen LogP contribution in [0.15, 0.2) is 29.2 Å². The molecule has 0 saturated carbocycles. The van der Waals surface area contributed by atoms with Crippen molar-refractivity contribution in [1.29, 1.82) is 0 Å². The molecule has 4 N–H and O–H groups in total. The SMILES string of the molecule is CC(OCC1CCCCO1)C(=O)Nc1cccc(S(=O)(=O)NCCN)c1. The zero-order valence-electron chi connectivity index (χ0n) is 14.9. The number of amides is 1. The summed E-state index contributed by atoms with van der Waals surface area (Å²) in [5.74, 6) is -0.342. The number of sulfonamides is 1. The zero-order chi connectivity index (χ0) is 19.0. The molecule has 1 amide bonds. The molecule has 0 radical (unpaired) electrons. The molecule has 2 unspecified atom stereocenters. The molecule has 1 aromatic carbocycles. The Kier molecular flexibility index (Phi) is 7.98. The van der Waals surface area contributed by atoms with Gasteiger partial charge in [0, 0.05) is 25.4 Å². The second-order valence-electron chi connectivity index (χ2n) is 6.17. The van der Waals surface area contributed by atoms with Crippen molar-refractivity contribution in [1.82, 2.24) is 4.72 Å². The highest BCUT2D eigenvalue weighted by molar-refractivity contribution is 7.89. The van der Waals surface area contributed by atoms with E-state index in [1.165, 1.54) is 12.1 Å². The molecule has 8 nitrogen and oxygen atoms in total. The number of nitrogens with one attached hydrogen (secondary N) is 2. The van der Waals surface area contributed by atoms with Crippen molar-refractivity contribution in [2.45, 2.75) is 43.3 Å². The lowest BCUT2D eigenvalue weighted by Gasteiger charge is -2.23. The van der Waals surface area contributed by atoms with E-state index in [-0.39, 0.29) is 30.0 Å². The first-order chi connectivity index (χ1) is 12.4. The maximum Gasteiger partial charge on any atom is 0.253 e. The molecule has 1 aliphatic rings. The van der Waals surface area contributed by atoms with Crippen LogP contribution >= 0.6 is 0 Å². The number of rotatable bonds is 9. The predicted octanol–water partition coefficient (Wildman–Crippen LogP) is 0.836. The van der Waals surface area contributed by atoms with Crippen LogP contribution in [0.3, 0.4) is 0 Å². The van der Waals surface area contributed by atoms with Crippen LogP contribution in [0.5, 0.6) is 0 Å². The molecule has 9 heteroatoms. The van der Waals surface area contributed by atoms with Gasteiger partial charge in [0.05, 0.1) is 17.6 Å². The number of hydrogen-bond donors (Lipinski definition) is 3. The van der Waals surface area contributed by atoms with Crippen LogP contribution in [0.2, 0.25) is 0 Å². The van der Waals surface area contributed by atoms with Crippen LogP contribution in [-0.2, 0) is 24.3 Å². The van der Waals surface area contributed by atoms with Crippen LogP contribution in [0.25, 0.3) is 0 Å². The van der Waals surface area contributed by atoms with Crippen molar-refractivity contribution in [3.05, 3.63) is 24.3 Å². The average Bonchev–Trinajstić information content (AvgIpc) is 2.65. The molecule has 0 aromatic heterocycles. The van der Waals surface area contributed by atoms with Gasteiger partial charge in [0.25, 0.3) is 5.91 Å². The molecule has 2 rings (SSSR count). The van der Waals surface area contributed by atoms with E-state index < -0.39 is 16.1 Å². The quantitative estimate of drug-likeness (QED) is 0.579. The molecule has 1 aliphatic heterocycles. The van der Waals surface area contributed by atoms with Gasteiger partial charge in [0.15, 0.2) is 0 Å². The third-order valence-corrected chi connectivity index (χ3v) is 5.48. The third-order valence-electron chi connectivity index (χ3n) is 4.02. The monoisotopic (exact) mass is 385 g/mol. The lowest BCUT2D eigenvalue weighted by molar-refractivity contribution is -0.130. The Labute approximate surface area is 154 Å². The molecule has 1 saturated heterocycles. The van der Waals surface area contributed by atoms with Gasteiger partial charge in [-0.15, -0.1) is 0 Å². The van der Waals surface area contributed by atoms with E-state index in [4.69, 9.17) is 15.2 Å². The molecule has 146 valence electrons. The van der Waals surface area contributed by atoms with E-state index in [0.717, 1.165) is 25.9 Å². The minimum absolute atomic E-state index is 0.0288. The molecule has 1 aromatic rings. The maximum atomic E-state index is 12.3. The lowest BCUT2D eigenvalue weighted by atomic mass is 10.1. The standard InChI is InChI=1S/C17H27N3O5S/c1-13(25-12-15-6-2-3-10-24-15)17(21)20-14-5-4-7-16(11-14)26(22,23)19-9-8-18/h4-5,7,11,13,15,19H,2-3,6,8-10,12,18H2,1H3,(H,20,21). The van der Waals surface area contributed by atoms with Gasteiger partial charge in [-0.3, -0.25) is 4.79 Å². The minimum Gasteiger partial charge on any atom is -0.376 e. The van der Waals surface area contributed by atoms with Gasteiger partial charge in [-0.25, -0.2) is 13.1 Å². The summed E-state index contributed by atoms with van der Waals surface area (Å²) in [5.41, 5.74) is 5.70. The Balaban J connectivity index is 1.90. The van der Waals surface area contributed by atoms with Crippen LogP contribution in [0, 0.1) is 0 Å². The van der Waals surface area contributed by atoms with E-state index in [9.17, 15) is 13.2 Å². The summed E-state index contributed by atoms with van der Waals surface area (Å²) in [6, 6.07) is 6.04. The van der Waals surface area contributed by atoms with Crippen LogP contribution in [-0.4, -0.2) is 52.8 Å². The summed E-state index contributed by atoms with van der Waals surface area (Å²) < 4.78 is 37.8. The van der Waals surface area contributed by atoms with Crippen LogP contribution in [0.4, 0.5) is 5.69 Å². The van der Waals surface area contributed by atoms with Gasteiger partial charge in [0.1, 0.15) is 6.10 Å². The maximum absolute atomic E-state index is 12.3. The fourth-order valence-corrected chi connectivity index (χ4v) is 3.62. The van der Waals surface area contributed by atoms with Crippen molar-refractivity contribution >= 4 is 21.6 Å². The van der Waals surface area contributed by atoms with Crippen molar-refractivity contribution in [2.75, 3.05) is 31.6 Å². The van der Waals surface area contributed by atoms with Crippen LogP contribution in [0.1, 0.15) is 26.2 Å². The largest absolute Gasteiger partial charge is 0.376 e. The van der Waals surface area contributed by atoms with Crippen molar-refractivity contribution < 1.29 is 22.7 Å². The molecular formula is C17H27N3O5S. The molecule has 26 heavy (non-hydrogen) atoms. The lowest BCUT2D eigenvalue weighted by Crippen LogP contribution is -2.32. The van der Waals surface area contributed by atoms with Crippen molar-refractivity contribution in [3.8, 4) is 0 Å². The highest BCUT2D eigenvalue weighted by Gasteiger charge is 2.20. The summed E-state index contributed by atoms with van der Waals surface area (Å²) >= 11 is 0. The first kappa shape index (κ1) is 20.8. The molecule has 0 spiro atoms. The van der Waals surface area contributed by atoms with Gasteiger partial charge in [-0.1, -0.05) is 6.07 Å². The van der Waals surface area contributed by atoms with E-state index >= 15 is 0 Å². The number of carbonyl (C=O) groups excluding carboxylic acids is 1. The summed E-state index contributed by atoms with van der Waals surface area (Å²) in [5, 5.41) is 2.68. The number of hydrogen-bond acceptors (Lipinski definition) is 6. The first-order valence-corrected chi connectivity index (χ1v) is 10.2. The van der Waals surface area contributed by atoms with E-state index in [1.807, 2.05) is 0 Å². The molecule has 1 fully saturated rings. The van der Waals surface area contributed by atoms with Gasteiger partial charge >= 0.3 is 0 Å². The summed E-state index contributed by atoms with van der Waals surface area (Å²) in [6.07, 6.45) is 2.46. The number of benzene rings is 1.